The second kappa shape index (κ2) is 5.72. The van der Waals surface area contributed by atoms with Gasteiger partial charge < -0.3 is 10.2 Å². The number of nitrogens with one attached hydrogen (secondary N) is 1. The summed E-state index contributed by atoms with van der Waals surface area (Å²) in [5, 5.41) is 2.66. The van der Waals surface area contributed by atoms with Crippen molar-refractivity contribution in [2.45, 2.75) is 39.2 Å². The quantitative estimate of drug-likeness (QED) is 0.857. The number of hydrogen-bond acceptors (Lipinski definition) is 3. The molecule has 19 heavy (non-hydrogen) atoms. The predicted octanol–water partition coefficient (Wildman–Crippen LogP) is 3.42. The van der Waals surface area contributed by atoms with Crippen LogP contribution >= 0.6 is 0 Å². The molecule has 3 nitrogen and oxygen atoms in total. The van der Waals surface area contributed by atoms with E-state index in [9.17, 15) is 8.78 Å². The SMILES string of the molecule is CNc1nc(N(CCC(C)C)C2CC2)c(F)cc1F. The van der Waals surface area contributed by atoms with Gasteiger partial charge in [0.2, 0.25) is 0 Å². The van der Waals surface area contributed by atoms with E-state index >= 15 is 0 Å². The zero-order valence-electron chi connectivity index (χ0n) is 11.7. The largest absolute Gasteiger partial charge is 0.371 e. The first-order valence-electron chi connectivity index (χ1n) is 6.83. The van der Waals surface area contributed by atoms with E-state index in [1.807, 2.05) is 4.90 Å². The number of halogens is 2. The Balaban J connectivity index is 2.25. The Hall–Kier alpha value is -1.39. The van der Waals surface area contributed by atoms with Crippen LogP contribution < -0.4 is 10.2 Å². The van der Waals surface area contributed by atoms with Crippen molar-refractivity contribution in [3.63, 3.8) is 0 Å². The minimum atomic E-state index is -0.650. The molecule has 1 aliphatic carbocycles. The lowest BCUT2D eigenvalue weighted by Gasteiger charge is -2.25. The normalized spacial score (nSPS) is 14.8. The molecule has 0 saturated heterocycles. The molecule has 0 unspecified atom stereocenters. The third-order valence-corrected chi connectivity index (χ3v) is 3.35. The summed E-state index contributed by atoms with van der Waals surface area (Å²) in [6.45, 7) is 5.04. The summed E-state index contributed by atoms with van der Waals surface area (Å²) in [4.78, 5) is 6.08. The van der Waals surface area contributed by atoms with Gasteiger partial charge in [-0.2, -0.15) is 0 Å². The first-order valence-corrected chi connectivity index (χ1v) is 6.83. The molecule has 0 aliphatic heterocycles. The van der Waals surface area contributed by atoms with Crippen LogP contribution in [-0.4, -0.2) is 24.6 Å². The Bertz CT molecular complexity index is 445. The second-order valence-electron chi connectivity index (χ2n) is 5.48. The summed E-state index contributed by atoms with van der Waals surface area (Å²) in [5.41, 5.74) is 0. The maximum Gasteiger partial charge on any atom is 0.168 e. The van der Waals surface area contributed by atoms with Crippen molar-refractivity contribution >= 4 is 11.6 Å². The molecule has 0 aromatic carbocycles. The van der Waals surface area contributed by atoms with Crippen molar-refractivity contribution in [3.05, 3.63) is 17.7 Å². The van der Waals surface area contributed by atoms with Crippen LogP contribution in [0.4, 0.5) is 20.4 Å². The van der Waals surface area contributed by atoms with Crippen LogP contribution in [0.3, 0.4) is 0 Å². The van der Waals surface area contributed by atoms with Gasteiger partial charge in [0.1, 0.15) is 0 Å². The number of pyridine rings is 1. The van der Waals surface area contributed by atoms with Crippen molar-refractivity contribution in [1.29, 1.82) is 0 Å². The molecule has 106 valence electrons. The molecule has 1 aliphatic rings. The molecule has 0 bridgehead atoms. The van der Waals surface area contributed by atoms with Crippen molar-refractivity contribution in [2.24, 2.45) is 5.92 Å². The first kappa shape index (κ1) is 14.0. The zero-order valence-corrected chi connectivity index (χ0v) is 11.7. The summed E-state index contributed by atoms with van der Waals surface area (Å²) in [6, 6.07) is 1.27. The maximum absolute atomic E-state index is 14.0. The second-order valence-corrected chi connectivity index (χ2v) is 5.48. The molecule has 0 amide bonds. The third-order valence-electron chi connectivity index (χ3n) is 3.35. The Morgan fingerprint density at radius 1 is 1.37 bits per heavy atom. The van der Waals surface area contributed by atoms with Gasteiger partial charge >= 0.3 is 0 Å². The molecule has 1 heterocycles. The van der Waals surface area contributed by atoms with Gasteiger partial charge in [0.25, 0.3) is 0 Å². The molecule has 1 fully saturated rings. The molecule has 1 aromatic rings. The minimum Gasteiger partial charge on any atom is -0.371 e. The van der Waals surface area contributed by atoms with Crippen molar-refractivity contribution < 1.29 is 8.78 Å². The van der Waals surface area contributed by atoms with Crippen molar-refractivity contribution in [1.82, 2.24) is 4.98 Å². The van der Waals surface area contributed by atoms with E-state index in [1.165, 1.54) is 0 Å². The summed E-state index contributed by atoms with van der Waals surface area (Å²) in [5.74, 6) is -0.301. The van der Waals surface area contributed by atoms with Gasteiger partial charge in [0, 0.05) is 25.7 Å². The Morgan fingerprint density at radius 3 is 2.58 bits per heavy atom. The predicted molar refractivity (Wildman–Crippen MR) is 73.5 cm³/mol. The highest BCUT2D eigenvalue weighted by molar-refractivity contribution is 5.50. The van der Waals surface area contributed by atoms with Crippen LogP contribution in [0.2, 0.25) is 0 Å². The van der Waals surface area contributed by atoms with Gasteiger partial charge in [-0.3, -0.25) is 0 Å². The fourth-order valence-electron chi connectivity index (χ4n) is 2.08. The molecule has 0 spiro atoms. The van der Waals surface area contributed by atoms with E-state index < -0.39 is 11.6 Å². The fourth-order valence-corrected chi connectivity index (χ4v) is 2.08. The van der Waals surface area contributed by atoms with Crippen LogP contribution in [0.1, 0.15) is 33.1 Å². The van der Waals surface area contributed by atoms with Gasteiger partial charge in [0.15, 0.2) is 23.3 Å². The Kier molecular flexibility index (Phi) is 4.22. The highest BCUT2D eigenvalue weighted by Crippen LogP contribution is 2.33. The maximum atomic E-state index is 14.0. The van der Waals surface area contributed by atoms with Crippen LogP contribution in [0.25, 0.3) is 0 Å². The molecule has 0 atom stereocenters. The van der Waals surface area contributed by atoms with Gasteiger partial charge in [-0.15, -0.1) is 0 Å². The molecule has 5 heteroatoms. The summed E-state index contributed by atoms with van der Waals surface area (Å²) < 4.78 is 27.4. The van der Waals surface area contributed by atoms with Gasteiger partial charge in [-0.05, 0) is 25.2 Å². The minimum absolute atomic E-state index is 0.103. The van der Waals surface area contributed by atoms with Crippen LogP contribution in [0.15, 0.2) is 6.07 Å². The third kappa shape index (κ3) is 3.33. The van der Waals surface area contributed by atoms with Crippen molar-refractivity contribution in [2.75, 3.05) is 23.8 Å². The van der Waals surface area contributed by atoms with Crippen LogP contribution in [0, 0.1) is 17.6 Å². The summed E-state index contributed by atoms with van der Waals surface area (Å²) in [6.07, 6.45) is 3.10. The monoisotopic (exact) mass is 269 g/mol. The summed E-state index contributed by atoms with van der Waals surface area (Å²) >= 11 is 0. The van der Waals surface area contributed by atoms with Gasteiger partial charge in [0.05, 0.1) is 0 Å². The molecular formula is C14H21F2N3. The molecule has 2 rings (SSSR count). The zero-order chi connectivity index (χ0) is 14.0. The van der Waals surface area contributed by atoms with Crippen LogP contribution in [-0.2, 0) is 0 Å². The number of rotatable bonds is 6. The lowest BCUT2D eigenvalue weighted by molar-refractivity contribution is 0.544. The number of hydrogen-bond donors (Lipinski definition) is 1. The van der Waals surface area contributed by atoms with E-state index in [0.717, 1.165) is 31.9 Å². The number of anilines is 2. The van der Waals surface area contributed by atoms with E-state index in [2.05, 4.69) is 24.1 Å². The first-order chi connectivity index (χ1) is 9.02. The fraction of sp³-hybridized carbons (Fsp3) is 0.643. The van der Waals surface area contributed by atoms with Crippen LogP contribution in [0.5, 0.6) is 0 Å². The number of nitrogens with zero attached hydrogens (tertiary/aromatic N) is 2. The Morgan fingerprint density at radius 2 is 2.05 bits per heavy atom. The molecule has 0 radical (unpaired) electrons. The van der Waals surface area contributed by atoms with E-state index in [0.29, 0.717) is 12.0 Å². The highest BCUT2D eigenvalue weighted by atomic mass is 19.1. The smallest absolute Gasteiger partial charge is 0.168 e. The molecule has 1 aromatic heterocycles. The van der Waals surface area contributed by atoms with Gasteiger partial charge in [-0.25, -0.2) is 13.8 Å². The standard InChI is InChI=1S/C14H21F2N3/c1-9(2)6-7-19(10-4-5-10)14-12(16)8-11(15)13(17-3)18-14/h8-10H,4-7H2,1-3H3,(H,17,18). The highest BCUT2D eigenvalue weighted by Gasteiger charge is 2.32. The number of aromatic nitrogens is 1. The Labute approximate surface area is 113 Å². The lowest BCUT2D eigenvalue weighted by atomic mass is 10.1. The van der Waals surface area contributed by atoms with E-state index in [1.54, 1.807) is 7.05 Å². The lowest BCUT2D eigenvalue weighted by Crippen LogP contribution is -2.30. The molecular weight excluding hydrogens is 248 g/mol. The molecule has 1 saturated carbocycles. The van der Waals surface area contributed by atoms with E-state index in [-0.39, 0.29) is 11.6 Å². The topological polar surface area (TPSA) is 28.2 Å². The van der Waals surface area contributed by atoms with Gasteiger partial charge in [-0.1, -0.05) is 13.8 Å². The van der Waals surface area contributed by atoms with E-state index in [4.69, 9.17) is 0 Å². The summed E-state index contributed by atoms with van der Waals surface area (Å²) in [7, 11) is 1.59. The average Bonchev–Trinajstić information content (AvgIpc) is 3.15. The molecule has 1 N–H and O–H groups in total. The van der Waals surface area contributed by atoms with Crippen molar-refractivity contribution in [3.8, 4) is 0 Å². The average molecular weight is 269 g/mol.